The molecule has 0 bridgehead atoms. The maximum absolute atomic E-state index is 12.9. The second kappa shape index (κ2) is 6.64. The first-order chi connectivity index (χ1) is 10.8. The fourth-order valence-electron chi connectivity index (χ4n) is 1.90. The van der Waals surface area contributed by atoms with Gasteiger partial charge >= 0.3 is 5.97 Å². The number of carbonyl (C=O) groups excluding carboxylic acids is 1. The molecule has 0 amide bonds. The standard InChI is InChI=1S/C17H16F2N2O2/c1-11-4-5-15(20-9-11)12-6-13(16(22)23-3)8-14(7-12)21-10-17(2,18)19/h4-10H,1-3H3. The Balaban J connectivity index is 2.51. The van der Waals surface area contributed by atoms with Gasteiger partial charge in [-0.25, -0.2) is 13.6 Å². The van der Waals surface area contributed by atoms with Crippen LogP contribution < -0.4 is 0 Å². The van der Waals surface area contributed by atoms with E-state index in [0.29, 0.717) is 17.5 Å². The quantitative estimate of drug-likeness (QED) is 0.627. The lowest BCUT2D eigenvalue weighted by Crippen LogP contribution is -2.10. The lowest BCUT2D eigenvalue weighted by Gasteiger charge is -2.07. The molecule has 1 aromatic heterocycles. The number of aromatic nitrogens is 1. The molecule has 2 aromatic rings. The van der Waals surface area contributed by atoms with Crippen LogP contribution in [0.5, 0.6) is 0 Å². The Morgan fingerprint density at radius 3 is 2.61 bits per heavy atom. The number of aryl methyl sites for hydroxylation is 1. The van der Waals surface area contributed by atoms with Gasteiger partial charge in [0.15, 0.2) is 0 Å². The summed E-state index contributed by atoms with van der Waals surface area (Å²) in [4.78, 5) is 19.8. The van der Waals surface area contributed by atoms with Crippen molar-refractivity contribution in [2.75, 3.05) is 7.11 Å². The third-order valence-electron chi connectivity index (χ3n) is 2.99. The van der Waals surface area contributed by atoms with Crippen LogP contribution in [0.4, 0.5) is 14.5 Å². The normalized spacial score (nSPS) is 11.7. The van der Waals surface area contributed by atoms with E-state index >= 15 is 0 Å². The van der Waals surface area contributed by atoms with E-state index in [1.54, 1.807) is 24.4 Å². The third kappa shape index (κ3) is 4.67. The summed E-state index contributed by atoms with van der Waals surface area (Å²) in [5, 5.41) is 0. The minimum atomic E-state index is -3.04. The molecule has 23 heavy (non-hydrogen) atoms. The molecular formula is C17H16F2N2O2. The maximum atomic E-state index is 12.9. The lowest BCUT2D eigenvalue weighted by molar-refractivity contribution is 0.0600. The van der Waals surface area contributed by atoms with E-state index in [1.165, 1.54) is 13.2 Å². The van der Waals surface area contributed by atoms with Crippen LogP contribution >= 0.6 is 0 Å². The summed E-state index contributed by atoms with van der Waals surface area (Å²) in [7, 11) is 1.25. The van der Waals surface area contributed by atoms with Crippen LogP contribution in [0.1, 0.15) is 22.8 Å². The summed E-state index contributed by atoms with van der Waals surface area (Å²) in [6.45, 7) is 2.64. The molecule has 0 N–H and O–H groups in total. The average molecular weight is 318 g/mol. The molecule has 0 saturated heterocycles. The van der Waals surface area contributed by atoms with Crippen LogP contribution in [0.25, 0.3) is 11.3 Å². The molecule has 0 aliphatic rings. The van der Waals surface area contributed by atoms with Crippen LogP contribution in [0.2, 0.25) is 0 Å². The Morgan fingerprint density at radius 2 is 2.04 bits per heavy atom. The van der Waals surface area contributed by atoms with E-state index in [-0.39, 0.29) is 11.3 Å². The third-order valence-corrected chi connectivity index (χ3v) is 2.99. The van der Waals surface area contributed by atoms with E-state index in [2.05, 4.69) is 14.7 Å². The summed E-state index contributed by atoms with van der Waals surface area (Å²) >= 11 is 0. The molecule has 0 aliphatic carbocycles. The van der Waals surface area contributed by atoms with Gasteiger partial charge in [0, 0.05) is 18.7 Å². The number of hydrogen-bond donors (Lipinski definition) is 0. The monoisotopic (exact) mass is 318 g/mol. The fraction of sp³-hybridized carbons (Fsp3) is 0.235. The highest BCUT2D eigenvalue weighted by molar-refractivity contribution is 5.92. The number of benzene rings is 1. The molecule has 4 nitrogen and oxygen atoms in total. The van der Waals surface area contributed by atoms with E-state index < -0.39 is 11.9 Å². The van der Waals surface area contributed by atoms with Gasteiger partial charge in [-0.05, 0) is 36.8 Å². The zero-order valence-corrected chi connectivity index (χ0v) is 13.0. The van der Waals surface area contributed by atoms with Crippen LogP contribution in [-0.4, -0.2) is 30.2 Å². The molecule has 0 atom stereocenters. The highest BCUT2D eigenvalue weighted by atomic mass is 19.3. The summed E-state index contributed by atoms with van der Waals surface area (Å²) in [5.74, 6) is -3.61. The number of pyridine rings is 1. The van der Waals surface area contributed by atoms with E-state index in [0.717, 1.165) is 12.5 Å². The van der Waals surface area contributed by atoms with Crippen molar-refractivity contribution < 1.29 is 18.3 Å². The molecule has 0 aliphatic heterocycles. The second-order valence-corrected chi connectivity index (χ2v) is 5.20. The van der Waals surface area contributed by atoms with Crippen molar-refractivity contribution >= 4 is 17.9 Å². The molecule has 0 fully saturated rings. The number of hydrogen-bond acceptors (Lipinski definition) is 4. The lowest BCUT2D eigenvalue weighted by atomic mass is 10.1. The number of halogens is 2. The number of rotatable bonds is 4. The van der Waals surface area contributed by atoms with Crippen molar-refractivity contribution in [1.82, 2.24) is 4.98 Å². The Bertz CT molecular complexity index is 735. The molecule has 6 heteroatoms. The Kier molecular flexibility index (Phi) is 4.83. The molecule has 2 rings (SSSR count). The van der Waals surface area contributed by atoms with Gasteiger partial charge < -0.3 is 4.74 Å². The van der Waals surface area contributed by atoms with Gasteiger partial charge in [0.05, 0.1) is 30.3 Å². The van der Waals surface area contributed by atoms with Gasteiger partial charge in [-0.1, -0.05) is 6.07 Å². The molecule has 1 heterocycles. The van der Waals surface area contributed by atoms with Crippen molar-refractivity contribution in [3.05, 3.63) is 47.7 Å². The summed E-state index contributed by atoms with van der Waals surface area (Å²) in [6, 6.07) is 8.23. The SMILES string of the molecule is COC(=O)c1cc(N=CC(C)(F)F)cc(-c2ccc(C)cn2)c1. The summed E-state index contributed by atoms with van der Waals surface area (Å²) in [5.41, 5.74) is 2.65. The predicted molar refractivity (Wildman–Crippen MR) is 84.5 cm³/mol. The molecule has 120 valence electrons. The van der Waals surface area contributed by atoms with Gasteiger partial charge in [0.2, 0.25) is 0 Å². The highest BCUT2D eigenvalue weighted by Crippen LogP contribution is 2.26. The van der Waals surface area contributed by atoms with Crippen LogP contribution in [0, 0.1) is 6.92 Å². The van der Waals surface area contributed by atoms with Crippen LogP contribution in [0.3, 0.4) is 0 Å². The van der Waals surface area contributed by atoms with Crippen molar-refractivity contribution in [3.8, 4) is 11.3 Å². The van der Waals surface area contributed by atoms with Crippen molar-refractivity contribution in [3.63, 3.8) is 0 Å². The maximum Gasteiger partial charge on any atom is 0.337 e. The Morgan fingerprint density at radius 1 is 1.30 bits per heavy atom. The largest absolute Gasteiger partial charge is 0.465 e. The van der Waals surface area contributed by atoms with E-state index in [1.807, 2.05) is 13.0 Å². The molecule has 0 unspecified atom stereocenters. The first kappa shape index (κ1) is 16.7. The first-order valence-electron chi connectivity index (χ1n) is 6.88. The van der Waals surface area contributed by atoms with Gasteiger partial charge in [-0.2, -0.15) is 0 Å². The number of ether oxygens (including phenoxy) is 1. The molecule has 0 spiro atoms. The Labute approximate surface area is 132 Å². The van der Waals surface area contributed by atoms with Gasteiger partial charge in [-0.15, -0.1) is 0 Å². The molecular weight excluding hydrogens is 302 g/mol. The van der Waals surface area contributed by atoms with Crippen molar-refractivity contribution in [2.24, 2.45) is 4.99 Å². The topological polar surface area (TPSA) is 51.5 Å². The highest BCUT2D eigenvalue weighted by Gasteiger charge is 2.17. The average Bonchev–Trinajstić information content (AvgIpc) is 2.52. The summed E-state index contributed by atoms with van der Waals surface area (Å²) in [6.07, 6.45) is 2.22. The first-order valence-corrected chi connectivity index (χ1v) is 6.88. The molecule has 0 radical (unpaired) electrons. The number of esters is 1. The van der Waals surface area contributed by atoms with Crippen LogP contribution in [0.15, 0.2) is 41.5 Å². The van der Waals surface area contributed by atoms with Crippen LogP contribution in [-0.2, 0) is 4.74 Å². The number of nitrogens with zero attached hydrogens (tertiary/aromatic N) is 2. The molecule has 1 aromatic carbocycles. The number of aliphatic imine (C=N–C) groups is 1. The fourth-order valence-corrected chi connectivity index (χ4v) is 1.90. The van der Waals surface area contributed by atoms with Gasteiger partial charge in [-0.3, -0.25) is 9.98 Å². The zero-order chi connectivity index (χ0) is 17.0. The van der Waals surface area contributed by atoms with Crippen molar-refractivity contribution in [1.29, 1.82) is 0 Å². The van der Waals surface area contributed by atoms with Gasteiger partial charge in [0.1, 0.15) is 0 Å². The van der Waals surface area contributed by atoms with Crippen molar-refractivity contribution in [2.45, 2.75) is 19.8 Å². The van der Waals surface area contributed by atoms with E-state index in [4.69, 9.17) is 0 Å². The minimum Gasteiger partial charge on any atom is -0.465 e. The Hall–Kier alpha value is -2.63. The smallest absolute Gasteiger partial charge is 0.337 e. The number of methoxy groups -OCH3 is 1. The summed E-state index contributed by atoms with van der Waals surface area (Å²) < 4.78 is 30.6. The predicted octanol–water partition coefficient (Wildman–Crippen LogP) is 4.20. The second-order valence-electron chi connectivity index (χ2n) is 5.20. The number of carbonyl (C=O) groups is 1. The van der Waals surface area contributed by atoms with E-state index in [9.17, 15) is 13.6 Å². The zero-order valence-electron chi connectivity index (χ0n) is 13.0. The minimum absolute atomic E-state index is 0.221. The molecule has 0 saturated carbocycles. The number of alkyl halides is 2. The van der Waals surface area contributed by atoms with Gasteiger partial charge in [0.25, 0.3) is 5.92 Å².